The van der Waals surface area contributed by atoms with Crippen LogP contribution in [0.3, 0.4) is 0 Å². The van der Waals surface area contributed by atoms with Crippen LogP contribution in [-0.2, 0) is 0 Å². The third kappa shape index (κ3) is 3.86. The predicted molar refractivity (Wildman–Crippen MR) is 100 cm³/mol. The van der Waals surface area contributed by atoms with Gasteiger partial charge in [-0.25, -0.2) is 0 Å². The molecule has 0 aliphatic carbocycles. The van der Waals surface area contributed by atoms with Crippen LogP contribution in [0, 0.1) is 13.8 Å². The molecule has 2 aromatic carbocycles. The molecule has 126 valence electrons. The fraction of sp³-hybridized carbons (Fsp3) is 0.143. The number of amides is 1. The molecule has 0 saturated carbocycles. The lowest BCUT2D eigenvalue weighted by Gasteiger charge is -2.11. The second-order valence-corrected chi connectivity index (χ2v) is 5.96. The van der Waals surface area contributed by atoms with Crippen LogP contribution in [0.2, 0.25) is 0 Å². The summed E-state index contributed by atoms with van der Waals surface area (Å²) in [4.78, 5) is 17.0. The first kappa shape index (κ1) is 16.7. The van der Waals surface area contributed by atoms with Crippen LogP contribution in [0.4, 0.5) is 5.69 Å². The normalized spacial score (nSPS) is 10.4. The Kier molecular flexibility index (Phi) is 4.80. The first-order valence-electron chi connectivity index (χ1n) is 8.06. The predicted octanol–water partition coefficient (Wildman–Crippen LogP) is 4.63. The number of pyridine rings is 1. The van der Waals surface area contributed by atoms with E-state index in [2.05, 4.69) is 16.4 Å². The smallest absolute Gasteiger partial charge is 0.255 e. The Balaban J connectivity index is 1.93. The zero-order valence-corrected chi connectivity index (χ0v) is 14.5. The maximum absolute atomic E-state index is 12.6. The number of carbonyl (C=O) groups excluding carboxylic acids is 1. The van der Waals surface area contributed by atoms with Crippen molar-refractivity contribution < 1.29 is 9.53 Å². The minimum absolute atomic E-state index is 0.162. The van der Waals surface area contributed by atoms with E-state index in [1.165, 1.54) is 0 Å². The standard InChI is InChI=1S/C21H20N2O2/c1-14-10-15(2)12-17(11-14)23-21(24)16-7-8-20(25-3)18(13-16)19-6-4-5-9-22-19/h4-13H,1-3H3,(H,23,24). The molecule has 0 atom stereocenters. The van der Waals surface area contributed by atoms with E-state index in [9.17, 15) is 4.79 Å². The fourth-order valence-corrected chi connectivity index (χ4v) is 2.82. The van der Waals surface area contributed by atoms with Gasteiger partial charge in [0.2, 0.25) is 0 Å². The van der Waals surface area contributed by atoms with Crippen molar-refractivity contribution in [3.05, 3.63) is 77.5 Å². The molecule has 0 fully saturated rings. The van der Waals surface area contributed by atoms with Gasteiger partial charge in [0, 0.05) is 23.0 Å². The second kappa shape index (κ2) is 7.18. The average Bonchev–Trinajstić information content (AvgIpc) is 2.61. The Morgan fingerprint density at radius 3 is 2.40 bits per heavy atom. The van der Waals surface area contributed by atoms with Crippen LogP contribution < -0.4 is 10.1 Å². The molecule has 0 saturated heterocycles. The number of hydrogen-bond donors (Lipinski definition) is 1. The molecule has 0 spiro atoms. The van der Waals surface area contributed by atoms with Crippen LogP contribution in [-0.4, -0.2) is 18.0 Å². The Morgan fingerprint density at radius 1 is 1.00 bits per heavy atom. The zero-order chi connectivity index (χ0) is 17.8. The SMILES string of the molecule is COc1ccc(C(=O)Nc2cc(C)cc(C)c2)cc1-c1ccccn1. The van der Waals surface area contributed by atoms with Gasteiger partial charge < -0.3 is 10.1 Å². The Hall–Kier alpha value is -3.14. The fourth-order valence-electron chi connectivity index (χ4n) is 2.82. The van der Waals surface area contributed by atoms with Crippen LogP contribution in [0.1, 0.15) is 21.5 Å². The molecule has 1 N–H and O–H groups in total. The van der Waals surface area contributed by atoms with E-state index in [1.54, 1.807) is 31.5 Å². The van der Waals surface area contributed by atoms with Gasteiger partial charge in [0.05, 0.1) is 12.8 Å². The van der Waals surface area contributed by atoms with E-state index in [1.807, 2.05) is 44.2 Å². The van der Waals surface area contributed by atoms with Gasteiger partial charge in [0.1, 0.15) is 5.75 Å². The number of aromatic nitrogens is 1. The van der Waals surface area contributed by atoms with Gasteiger partial charge in [-0.3, -0.25) is 9.78 Å². The number of nitrogens with zero attached hydrogens (tertiary/aromatic N) is 1. The first-order valence-corrected chi connectivity index (χ1v) is 8.06. The first-order chi connectivity index (χ1) is 12.1. The van der Waals surface area contributed by atoms with Crippen molar-refractivity contribution in [3.8, 4) is 17.0 Å². The van der Waals surface area contributed by atoms with Crippen molar-refractivity contribution in [2.45, 2.75) is 13.8 Å². The molecular weight excluding hydrogens is 312 g/mol. The second-order valence-electron chi connectivity index (χ2n) is 5.96. The van der Waals surface area contributed by atoms with Crippen molar-refractivity contribution in [2.24, 2.45) is 0 Å². The van der Waals surface area contributed by atoms with Crippen molar-refractivity contribution in [3.63, 3.8) is 0 Å². The molecule has 0 aliphatic heterocycles. The highest BCUT2D eigenvalue weighted by Crippen LogP contribution is 2.29. The molecule has 1 aromatic heterocycles. The Bertz CT molecular complexity index is 885. The molecule has 4 heteroatoms. The molecule has 3 rings (SSSR count). The number of benzene rings is 2. The average molecular weight is 332 g/mol. The van der Waals surface area contributed by atoms with E-state index in [0.29, 0.717) is 11.3 Å². The van der Waals surface area contributed by atoms with E-state index in [0.717, 1.165) is 28.1 Å². The van der Waals surface area contributed by atoms with Gasteiger partial charge in [0.25, 0.3) is 5.91 Å². The number of rotatable bonds is 4. The number of nitrogens with one attached hydrogen (secondary N) is 1. The van der Waals surface area contributed by atoms with E-state index in [-0.39, 0.29) is 5.91 Å². The van der Waals surface area contributed by atoms with E-state index in [4.69, 9.17) is 4.74 Å². The van der Waals surface area contributed by atoms with Gasteiger partial charge >= 0.3 is 0 Å². The van der Waals surface area contributed by atoms with Gasteiger partial charge in [-0.1, -0.05) is 12.1 Å². The summed E-state index contributed by atoms with van der Waals surface area (Å²) in [6.07, 6.45) is 1.72. The minimum Gasteiger partial charge on any atom is -0.496 e. The lowest BCUT2D eigenvalue weighted by atomic mass is 10.1. The Morgan fingerprint density at radius 2 is 1.76 bits per heavy atom. The van der Waals surface area contributed by atoms with Gasteiger partial charge in [-0.2, -0.15) is 0 Å². The summed E-state index contributed by atoms with van der Waals surface area (Å²) in [7, 11) is 1.61. The summed E-state index contributed by atoms with van der Waals surface area (Å²) < 4.78 is 5.41. The summed E-state index contributed by atoms with van der Waals surface area (Å²) in [6.45, 7) is 4.02. The van der Waals surface area contributed by atoms with Crippen molar-refractivity contribution >= 4 is 11.6 Å². The molecule has 1 heterocycles. The third-order valence-electron chi connectivity index (χ3n) is 3.88. The molecule has 0 bridgehead atoms. The molecular formula is C21H20N2O2. The molecule has 25 heavy (non-hydrogen) atoms. The number of anilines is 1. The number of ether oxygens (including phenoxy) is 1. The highest BCUT2D eigenvalue weighted by Gasteiger charge is 2.13. The maximum Gasteiger partial charge on any atom is 0.255 e. The molecule has 1 amide bonds. The summed E-state index contributed by atoms with van der Waals surface area (Å²) in [5.74, 6) is 0.520. The summed E-state index contributed by atoms with van der Waals surface area (Å²) in [5, 5.41) is 2.96. The molecule has 4 nitrogen and oxygen atoms in total. The highest BCUT2D eigenvalue weighted by molar-refractivity contribution is 6.05. The highest BCUT2D eigenvalue weighted by atomic mass is 16.5. The Labute approximate surface area is 147 Å². The number of carbonyl (C=O) groups is 1. The summed E-state index contributed by atoms with van der Waals surface area (Å²) in [5.41, 5.74) is 5.12. The van der Waals surface area contributed by atoms with Crippen molar-refractivity contribution in [1.82, 2.24) is 4.98 Å². The van der Waals surface area contributed by atoms with E-state index >= 15 is 0 Å². The van der Waals surface area contributed by atoms with Crippen LogP contribution in [0.25, 0.3) is 11.3 Å². The number of methoxy groups -OCH3 is 1. The number of aryl methyl sites for hydroxylation is 2. The number of hydrogen-bond acceptors (Lipinski definition) is 3. The lowest BCUT2D eigenvalue weighted by Crippen LogP contribution is -2.12. The zero-order valence-electron chi connectivity index (χ0n) is 14.5. The molecule has 3 aromatic rings. The largest absolute Gasteiger partial charge is 0.496 e. The van der Waals surface area contributed by atoms with Crippen molar-refractivity contribution in [1.29, 1.82) is 0 Å². The molecule has 0 aliphatic rings. The van der Waals surface area contributed by atoms with Crippen LogP contribution >= 0.6 is 0 Å². The van der Waals surface area contributed by atoms with Gasteiger partial charge in [-0.15, -0.1) is 0 Å². The summed E-state index contributed by atoms with van der Waals surface area (Å²) >= 11 is 0. The van der Waals surface area contributed by atoms with Crippen molar-refractivity contribution in [2.75, 3.05) is 12.4 Å². The van der Waals surface area contributed by atoms with E-state index < -0.39 is 0 Å². The lowest BCUT2D eigenvalue weighted by molar-refractivity contribution is 0.102. The summed E-state index contributed by atoms with van der Waals surface area (Å²) in [6, 6.07) is 17.0. The van der Waals surface area contributed by atoms with Crippen LogP contribution in [0.15, 0.2) is 60.8 Å². The third-order valence-corrected chi connectivity index (χ3v) is 3.88. The monoisotopic (exact) mass is 332 g/mol. The molecule has 0 radical (unpaired) electrons. The van der Waals surface area contributed by atoms with Crippen LogP contribution in [0.5, 0.6) is 5.75 Å². The van der Waals surface area contributed by atoms with Gasteiger partial charge in [-0.05, 0) is 67.4 Å². The quantitative estimate of drug-likeness (QED) is 0.758. The molecule has 0 unspecified atom stereocenters. The van der Waals surface area contributed by atoms with Gasteiger partial charge in [0.15, 0.2) is 0 Å². The topological polar surface area (TPSA) is 51.2 Å². The minimum atomic E-state index is -0.162. The maximum atomic E-state index is 12.6.